The van der Waals surface area contributed by atoms with Crippen LogP contribution in [-0.4, -0.2) is 32.0 Å². The number of aryl methyl sites for hydroxylation is 2. The number of hydrogen-bond donors (Lipinski definition) is 2. The Morgan fingerprint density at radius 2 is 2.28 bits per heavy atom. The molecule has 0 aliphatic rings. The van der Waals surface area contributed by atoms with E-state index in [0.717, 1.165) is 35.5 Å². The lowest BCUT2D eigenvalue weighted by Crippen LogP contribution is -2.27. The molecule has 2 aromatic heterocycles. The molecule has 2 heterocycles. The van der Waals surface area contributed by atoms with Crippen LogP contribution in [0, 0.1) is 6.92 Å². The quantitative estimate of drug-likeness (QED) is 0.634. The van der Waals surface area contributed by atoms with E-state index in [-0.39, 0.29) is 11.9 Å². The number of amides is 1. The third-order valence-electron chi connectivity index (χ3n) is 4.22. The maximum absolute atomic E-state index is 12.1. The molecule has 0 aliphatic carbocycles. The van der Waals surface area contributed by atoms with Gasteiger partial charge in [-0.15, -0.1) is 0 Å². The van der Waals surface area contributed by atoms with Gasteiger partial charge in [-0.05, 0) is 38.5 Å². The van der Waals surface area contributed by atoms with Crippen LogP contribution >= 0.6 is 11.6 Å². The molecule has 0 bridgehead atoms. The lowest BCUT2D eigenvalue weighted by Gasteiger charge is -2.14. The van der Waals surface area contributed by atoms with Gasteiger partial charge in [0.1, 0.15) is 11.6 Å². The Morgan fingerprint density at radius 1 is 1.44 bits per heavy atom. The van der Waals surface area contributed by atoms with Crippen molar-refractivity contribution in [3.8, 4) is 0 Å². The molecule has 25 heavy (non-hydrogen) atoms. The summed E-state index contributed by atoms with van der Waals surface area (Å²) in [7, 11) is 0. The summed E-state index contributed by atoms with van der Waals surface area (Å²) in [4.78, 5) is 24.0. The Morgan fingerprint density at radius 3 is 3.04 bits per heavy atom. The van der Waals surface area contributed by atoms with E-state index in [0.29, 0.717) is 18.0 Å². The summed E-state index contributed by atoms with van der Waals surface area (Å²) >= 11 is 5.98. The second-order valence-corrected chi connectivity index (χ2v) is 6.67. The Labute approximate surface area is 151 Å². The van der Waals surface area contributed by atoms with Crippen molar-refractivity contribution in [3.63, 3.8) is 0 Å². The zero-order valence-corrected chi connectivity index (χ0v) is 15.2. The maximum Gasteiger partial charge on any atom is 0.222 e. The van der Waals surface area contributed by atoms with Gasteiger partial charge in [0, 0.05) is 42.8 Å². The average Bonchev–Trinajstić information content (AvgIpc) is 3.16. The SMILES string of the molecule is Cc1nccn1C(C)CC(=O)NCCCc1nc2ccc(Cl)cc2[nH]1. The van der Waals surface area contributed by atoms with Gasteiger partial charge < -0.3 is 14.9 Å². The lowest BCUT2D eigenvalue weighted by atomic mass is 10.2. The molecule has 2 N–H and O–H groups in total. The summed E-state index contributed by atoms with van der Waals surface area (Å²) in [5, 5.41) is 3.66. The predicted octanol–water partition coefficient (Wildman–Crippen LogP) is 3.42. The van der Waals surface area contributed by atoms with Crippen molar-refractivity contribution in [1.82, 2.24) is 24.8 Å². The summed E-state index contributed by atoms with van der Waals surface area (Å²) in [5.74, 6) is 1.89. The first-order chi connectivity index (χ1) is 12.0. The van der Waals surface area contributed by atoms with Gasteiger partial charge >= 0.3 is 0 Å². The molecule has 132 valence electrons. The number of imidazole rings is 2. The average molecular weight is 360 g/mol. The standard InChI is InChI=1S/C18H22ClN5O/c1-12(24-9-8-20-13(24)2)10-18(25)21-7-3-4-17-22-15-6-5-14(19)11-16(15)23-17/h5-6,8-9,11-12H,3-4,7,10H2,1-2H3,(H,21,25)(H,22,23). The second kappa shape index (κ2) is 7.70. The summed E-state index contributed by atoms with van der Waals surface area (Å²) in [6, 6.07) is 5.70. The fraction of sp³-hybridized carbons (Fsp3) is 0.389. The molecular weight excluding hydrogens is 338 g/mol. The van der Waals surface area contributed by atoms with Gasteiger partial charge in [-0.2, -0.15) is 0 Å². The van der Waals surface area contributed by atoms with Gasteiger partial charge in [-0.25, -0.2) is 9.97 Å². The first kappa shape index (κ1) is 17.5. The van der Waals surface area contributed by atoms with Crippen LogP contribution in [0.1, 0.15) is 37.5 Å². The smallest absolute Gasteiger partial charge is 0.222 e. The van der Waals surface area contributed by atoms with Crippen LogP contribution in [0.2, 0.25) is 5.02 Å². The first-order valence-electron chi connectivity index (χ1n) is 8.43. The maximum atomic E-state index is 12.1. The highest BCUT2D eigenvalue weighted by Gasteiger charge is 2.12. The molecule has 1 unspecified atom stereocenters. The van der Waals surface area contributed by atoms with Gasteiger partial charge in [0.25, 0.3) is 0 Å². The van der Waals surface area contributed by atoms with E-state index in [2.05, 4.69) is 20.3 Å². The first-order valence-corrected chi connectivity index (χ1v) is 8.81. The van der Waals surface area contributed by atoms with Gasteiger partial charge in [-0.3, -0.25) is 4.79 Å². The number of aromatic amines is 1. The Hall–Kier alpha value is -2.34. The fourth-order valence-electron chi connectivity index (χ4n) is 2.93. The molecule has 7 heteroatoms. The molecule has 1 aromatic carbocycles. The monoisotopic (exact) mass is 359 g/mol. The van der Waals surface area contributed by atoms with Crippen LogP contribution in [0.5, 0.6) is 0 Å². The topological polar surface area (TPSA) is 75.6 Å². The van der Waals surface area contributed by atoms with Crippen molar-refractivity contribution in [2.45, 2.75) is 39.2 Å². The van der Waals surface area contributed by atoms with Gasteiger partial charge in [0.2, 0.25) is 5.91 Å². The zero-order chi connectivity index (χ0) is 17.8. The normalized spacial score (nSPS) is 12.4. The molecule has 0 radical (unpaired) electrons. The van der Waals surface area contributed by atoms with Crippen molar-refractivity contribution < 1.29 is 4.79 Å². The van der Waals surface area contributed by atoms with Crippen LogP contribution in [0.25, 0.3) is 11.0 Å². The highest BCUT2D eigenvalue weighted by atomic mass is 35.5. The van der Waals surface area contributed by atoms with E-state index >= 15 is 0 Å². The van der Waals surface area contributed by atoms with Crippen molar-refractivity contribution >= 4 is 28.5 Å². The van der Waals surface area contributed by atoms with Crippen LogP contribution < -0.4 is 5.32 Å². The minimum Gasteiger partial charge on any atom is -0.356 e. The summed E-state index contributed by atoms with van der Waals surface area (Å²) < 4.78 is 2.01. The number of aromatic nitrogens is 4. The number of nitrogens with zero attached hydrogens (tertiary/aromatic N) is 3. The molecule has 3 aromatic rings. The van der Waals surface area contributed by atoms with Crippen LogP contribution in [0.4, 0.5) is 0 Å². The molecule has 6 nitrogen and oxygen atoms in total. The molecule has 0 fully saturated rings. The van der Waals surface area contributed by atoms with Crippen molar-refractivity contribution in [2.75, 3.05) is 6.54 Å². The van der Waals surface area contributed by atoms with E-state index in [9.17, 15) is 4.79 Å². The summed E-state index contributed by atoms with van der Waals surface area (Å²) in [6.45, 7) is 4.59. The van der Waals surface area contributed by atoms with Gasteiger partial charge in [0.05, 0.1) is 11.0 Å². The lowest BCUT2D eigenvalue weighted by molar-refractivity contribution is -0.121. The Kier molecular flexibility index (Phi) is 5.38. The summed E-state index contributed by atoms with van der Waals surface area (Å²) in [6.07, 6.45) is 5.71. The van der Waals surface area contributed by atoms with E-state index in [4.69, 9.17) is 11.6 Å². The number of H-pyrrole nitrogens is 1. The third-order valence-corrected chi connectivity index (χ3v) is 4.46. The van der Waals surface area contributed by atoms with Crippen LogP contribution in [-0.2, 0) is 11.2 Å². The van der Waals surface area contributed by atoms with Crippen molar-refractivity contribution in [2.24, 2.45) is 0 Å². The van der Waals surface area contributed by atoms with Crippen molar-refractivity contribution in [1.29, 1.82) is 0 Å². The molecule has 1 atom stereocenters. The number of carbonyl (C=O) groups excluding carboxylic acids is 1. The van der Waals surface area contributed by atoms with Crippen molar-refractivity contribution in [3.05, 3.63) is 47.3 Å². The molecule has 0 saturated heterocycles. The Balaban J connectivity index is 1.43. The molecule has 3 rings (SSSR count). The zero-order valence-electron chi connectivity index (χ0n) is 14.4. The highest BCUT2D eigenvalue weighted by Crippen LogP contribution is 2.17. The van der Waals surface area contributed by atoms with E-state index in [1.54, 1.807) is 6.20 Å². The third kappa shape index (κ3) is 4.39. The minimum atomic E-state index is 0.0528. The number of benzene rings is 1. The number of carbonyl (C=O) groups is 1. The van der Waals surface area contributed by atoms with Gasteiger partial charge in [0.15, 0.2) is 0 Å². The second-order valence-electron chi connectivity index (χ2n) is 6.23. The number of rotatable bonds is 7. The molecule has 0 aliphatic heterocycles. The Bertz CT molecular complexity index is 869. The summed E-state index contributed by atoms with van der Waals surface area (Å²) in [5.41, 5.74) is 1.85. The largest absolute Gasteiger partial charge is 0.356 e. The molecule has 0 spiro atoms. The van der Waals surface area contributed by atoms with E-state index in [1.807, 2.05) is 42.8 Å². The number of fused-ring (bicyclic) bond motifs is 1. The van der Waals surface area contributed by atoms with Crippen LogP contribution in [0.15, 0.2) is 30.6 Å². The fourth-order valence-corrected chi connectivity index (χ4v) is 3.10. The van der Waals surface area contributed by atoms with E-state index in [1.165, 1.54) is 0 Å². The number of hydrogen-bond acceptors (Lipinski definition) is 3. The number of halogens is 1. The minimum absolute atomic E-state index is 0.0528. The van der Waals surface area contributed by atoms with Crippen LogP contribution in [0.3, 0.4) is 0 Å². The molecule has 0 saturated carbocycles. The number of nitrogens with one attached hydrogen (secondary N) is 2. The molecular formula is C18H22ClN5O. The van der Waals surface area contributed by atoms with E-state index < -0.39 is 0 Å². The molecule has 1 amide bonds. The highest BCUT2D eigenvalue weighted by molar-refractivity contribution is 6.31. The predicted molar refractivity (Wildman–Crippen MR) is 98.7 cm³/mol. The van der Waals surface area contributed by atoms with Gasteiger partial charge in [-0.1, -0.05) is 11.6 Å².